The predicted octanol–water partition coefficient (Wildman–Crippen LogP) is 3.43. The Labute approximate surface area is 165 Å². The molecule has 0 atom stereocenters. The number of halogens is 1. The van der Waals surface area contributed by atoms with Crippen molar-refractivity contribution in [1.82, 2.24) is 24.3 Å². The van der Waals surface area contributed by atoms with Crippen LogP contribution in [0.2, 0.25) is 5.02 Å². The maximum atomic E-state index is 6.08. The summed E-state index contributed by atoms with van der Waals surface area (Å²) in [6.45, 7) is 4.57. The van der Waals surface area contributed by atoms with E-state index < -0.39 is 0 Å². The summed E-state index contributed by atoms with van der Waals surface area (Å²) in [6.07, 6.45) is 2.91. The van der Waals surface area contributed by atoms with Crippen molar-refractivity contribution in [2.24, 2.45) is 12.0 Å². The lowest BCUT2D eigenvalue weighted by molar-refractivity contribution is 0.459. The highest BCUT2D eigenvalue weighted by Crippen LogP contribution is 2.16. The number of fused-ring (bicyclic) bond motifs is 1. The van der Waals surface area contributed by atoms with Crippen molar-refractivity contribution in [3.63, 3.8) is 0 Å². The maximum Gasteiger partial charge on any atom is 0.193 e. The maximum absolute atomic E-state index is 6.08. The van der Waals surface area contributed by atoms with Gasteiger partial charge in [-0.1, -0.05) is 23.7 Å². The van der Waals surface area contributed by atoms with Gasteiger partial charge < -0.3 is 19.4 Å². The van der Waals surface area contributed by atoms with E-state index in [0.717, 1.165) is 54.1 Å². The van der Waals surface area contributed by atoms with Gasteiger partial charge in [0.1, 0.15) is 5.82 Å². The Kier molecular flexibility index (Phi) is 6.06. The molecule has 1 N–H and O–H groups in total. The number of guanidine groups is 1. The smallest absolute Gasteiger partial charge is 0.193 e. The first-order chi connectivity index (χ1) is 13.0. The molecule has 2 heterocycles. The number of para-hydroxylation sites is 2. The van der Waals surface area contributed by atoms with Gasteiger partial charge in [0, 0.05) is 46.1 Å². The van der Waals surface area contributed by atoms with Gasteiger partial charge in [0.25, 0.3) is 0 Å². The van der Waals surface area contributed by atoms with Gasteiger partial charge in [0.05, 0.1) is 22.6 Å². The van der Waals surface area contributed by atoms with Gasteiger partial charge in [-0.3, -0.25) is 4.99 Å². The van der Waals surface area contributed by atoms with Crippen LogP contribution in [0.1, 0.15) is 17.9 Å². The normalized spacial score (nSPS) is 12.0. The second kappa shape index (κ2) is 8.48. The lowest BCUT2D eigenvalue weighted by Crippen LogP contribution is -2.39. The Hall–Kier alpha value is -2.47. The lowest BCUT2D eigenvalue weighted by atomic mass is 10.3. The average Bonchev–Trinajstić information content (AvgIpc) is 3.12. The molecule has 0 amide bonds. The van der Waals surface area contributed by atoms with Crippen molar-refractivity contribution in [1.29, 1.82) is 0 Å². The van der Waals surface area contributed by atoms with Crippen molar-refractivity contribution in [2.45, 2.75) is 26.4 Å². The zero-order valence-electron chi connectivity index (χ0n) is 16.4. The second-order valence-electron chi connectivity index (χ2n) is 6.74. The Morgan fingerprint density at radius 1 is 1.33 bits per heavy atom. The van der Waals surface area contributed by atoms with Crippen molar-refractivity contribution in [3.8, 4) is 0 Å². The first-order valence-electron chi connectivity index (χ1n) is 9.14. The van der Waals surface area contributed by atoms with Gasteiger partial charge in [-0.15, -0.1) is 0 Å². The first kappa shape index (κ1) is 19.3. The van der Waals surface area contributed by atoms with E-state index in [1.807, 2.05) is 44.0 Å². The SMILES string of the molecule is CN=C(NCCCn1c(C)nc2ccccc21)N(C)Cc1cc(Cl)cn1C. The zero-order valence-corrected chi connectivity index (χ0v) is 17.2. The van der Waals surface area contributed by atoms with E-state index in [4.69, 9.17) is 11.6 Å². The Morgan fingerprint density at radius 3 is 2.81 bits per heavy atom. The number of nitrogens with zero attached hydrogens (tertiary/aromatic N) is 5. The largest absolute Gasteiger partial charge is 0.356 e. The molecule has 6 nitrogen and oxygen atoms in total. The molecule has 27 heavy (non-hydrogen) atoms. The van der Waals surface area contributed by atoms with Crippen molar-refractivity contribution >= 4 is 28.6 Å². The average molecular weight is 387 g/mol. The summed E-state index contributed by atoms with van der Waals surface area (Å²) < 4.78 is 4.31. The van der Waals surface area contributed by atoms with Crippen LogP contribution in [0.25, 0.3) is 11.0 Å². The molecular formula is C20H27ClN6. The van der Waals surface area contributed by atoms with Crippen molar-refractivity contribution in [2.75, 3.05) is 20.6 Å². The van der Waals surface area contributed by atoms with E-state index in [-0.39, 0.29) is 0 Å². The fourth-order valence-corrected chi connectivity index (χ4v) is 3.61. The molecule has 3 aromatic rings. The Morgan fingerprint density at radius 2 is 2.11 bits per heavy atom. The molecular weight excluding hydrogens is 360 g/mol. The number of rotatable bonds is 6. The summed E-state index contributed by atoms with van der Waals surface area (Å²) in [6, 6.07) is 10.3. The molecule has 7 heteroatoms. The van der Waals surface area contributed by atoms with Gasteiger partial charge in [-0.05, 0) is 31.5 Å². The highest BCUT2D eigenvalue weighted by atomic mass is 35.5. The molecule has 1 aromatic carbocycles. The van der Waals surface area contributed by atoms with Crippen LogP contribution in [-0.4, -0.2) is 45.6 Å². The molecule has 0 unspecified atom stereocenters. The monoisotopic (exact) mass is 386 g/mol. The van der Waals surface area contributed by atoms with Crippen molar-refractivity contribution < 1.29 is 0 Å². The molecule has 0 fully saturated rings. The molecule has 0 spiro atoms. The van der Waals surface area contributed by atoms with Crippen LogP contribution >= 0.6 is 11.6 Å². The molecule has 0 aliphatic rings. The van der Waals surface area contributed by atoms with E-state index in [1.165, 1.54) is 5.52 Å². The van der Waals surface area contributed by atoms with Crippen LogP contribution in [0, 0.1) is 6.92 Å². The van der Waals surface area contributed by atoms with Crippen molar-refractivity contribution in [3.05, 3.63) is 53.1 Å². The topological polar surface area (TPSA) is 50.4 Å². The first-order valence-corrected chi connectivity index (χ1v) is 9.51. The molecule has 0 aliphatic heterocycles. The molecule has 0 saturated carbocycles. The quantitative estimate of drug-likeness (QED) is 0.401. The molecule has 144 valence electrons. The standard InChI is InChI=1S/C20H27ClN6/c1-15-24-18-8-5-6-9-19(18)27(15)11-7-10-23-20(22-2)26(4)14-17-12-16(21)13-25(17)3/h5-6,8-9,12-13H,7,10-11,14H2,1-4H3,(H,22,23). The van der Waals surface area contributed by atoms with Crippen LogP contribution in [0.3, 0.4) is 0 Å². The zero-order chi connectivity index (χ0) is 19.4. The summed E-state index contributed by atoms with van der Waals surface area (Å²) in [4.78, 5) is 11.1. The molecule has 0 radical (unpaired) electrons. The molecule has 0 saturated heterocycles. The van der Waals surface area contributed by atoms with E-state index in [0.29, 0.717) is 0 Å². The minimum atomic E-state index is 0.744. The van der Waals surface area contributed by atoms with Gasteiger partial charge in [0.15, 0.2) is 5.96 Å². The van der Waals surface area contributed by atoms with Crippen LogP contribution < -0.4 is 5.32 Å². The van der Waals surface area contributed by atoms with Gasteiger partial charge >= 0.3 is 0 Å². The number of nitrogens with one attached hydrogen (secondary N) is 1. The second-order valence-corrected chi connectivity index (χ2v) is 7.18. The van der Waals surface area contributed by atoms with Crippen LogP contribution in [0.15, 0.2) is 41.5 Å². The third kappa shape index (κ3) is 4.45. The summed E-state index contributed by atoms with van der Waals surface area (Å²) >= 11 is 6.08. The number of benzene rings is 1. The third-order valence-corrected chi connectivity index (χ3v) is 4.94. The fourth-order valence-electron chi connectivity index (χ4n) is 3.34. The van der Waals surface area contributed by atoms with E-state index in [2.05, 4.69) is 49.9 Å². The minimum Gasteiger partial charge on any atom is -0.356 e. The van der Waals surface area contributed by atoms with E-state index >= 15 is 0 Å². The number of aryl methyl sites for hydroxylation is 3. The lowest BCUT2D eigenvalue weighted by Gasteiger charge is -2.22. The third-order valence-electron chi connectivity index (χ3n) is 4.73. The van der Waals surface area contributed by atoms with Gasteiger partial charge in [-0.2, -0.15) is 0 Å². The Bertz CT molecular complexity index is 939. The highest BCUT2D eigenvalue weighted by Gasteiger charge is 2.10. The molecule has 2 aromatic heterocycles. The van der Waals surface area contributed by atoms with E-state index in [9.17, 15) is 0 Å². The summed E-state index contributed by atoms with van der Waals surface area (Å²) in [7, 11) is 5.84. The fraction of sp³-hybridized carbons (Fsp3) is 0.400. The van der Waals surface area contributed by atoms with Crippen LogP contribution in [-0.2, 0) is 20.1 Å². The number of hydrogen-bond donors (Lipinski definition) is 1. The summed E-state index contributed by atoms with van der Waals surface area (Å²) in [5.41, 5.74) is 3.39. The summed E-state index contributed by atoms with van der Waals surface area (Å²) in [5.74, 6) is 1.93. The summed E-state index contributed by atoms with van der Waals surface area (Å²) in [5, 5.41) is 4.20. The van der Waals surface area contributed by atoms with Gasteiger partial charge in [-0.25, -0.2) is 4.98 Å². The highest BCUT2D eigenvalue weighted by molar-refractivity contribution is 6.30. The number of imidazole rings is 1. The number of hydrogen-bond acceptors (Lipinski definition) is 2. The number of aromatic nitrogens is 3. The van der Waals surface area contributed by atoms with Gasteiger partial charge in [0.2, 0.25) is 0 Å². The molecule has 0 bridgehead atoms. The predicted molar refractivity (Wildman–Crippen MR) is 112 cm³/mol. The molecule has 0 aliphatic carbocycles. The minimum absolute atomic E-state index is 0.744. The van der Waals surface area contributed by atoms with Crippen LogP contribution in [0.4, 0.5) is 0 Å². The molecule has 3 rings (SSSR count). The Balaban J connectivity index is 1.54. The van der Waals surface area contributed by atoms with Crippen LogP contribution in [0.5, 0.6) is 0 Å². The van der Waals surface area contributed by atoms with E-state index in [1.54, 1.807) is 0 Å². The number of aliphatic imine (C=N–C) groups is 1.